The minimum atomic E-state index is -4.46. The van der Waals surface area contributed by atoms with E-state index in [1.807, 2.05) is 0 Å². The molecule has 2 aromatic rings. The van der Waals surface area contributed by atoms with Crippen LogP contribution >= 0.6 is 0 Å². The zero-order chi connectivity index (χ0) is 15.5. The number of amides is 1. The Morgan fingerprint density at radius 2 is 2.05 bits per heavy atom. The van der Waals surface area contributed by atoms with Crippen LogP contribution in [0, 0.1) is 11.8 Å². The van der Waals surface area contributed by atoms with Gasteiger partial charge in [-0.1, -0.05) is 24.1 Å². The summed E-state index contributed by atoms with van der Waals surface area (Å²) in [6.45, 7) is 1.61. The first-order valence-electron chi connectivity index (χ1n) is 6.31. The molecular formula is C15H13F3N2O. The van der Waals surface area contributed by atoms with Crippen LogP contribution in [0.15, 0.2) is 24.3 Å². The van der Waals surface area contributed by atoms with Gasteiger partial charge in [0.25, 0.3) is 5.91 Å². The minimum Gasteiger partial charge on any atom is -0.351 e. The molecule has 1 aromatic carbocycles. The van der Waals surface area contributed by atoms with Crippen molar-refractivity contribution in [3.8, 4) is 11.8 Å². The van der Waals surface area contributed by atoms with E-state index in [4.69, 9.17) is 0 Å². The molecular weight excluding hydrogens is 281 g/mol. The molecule has 0 saturated carbocycles. The zero-order valence-electron chi connectivity index (χ0n) is 11.3. The van der Waals surface area contributed by atoms with E-state index in [-0.39, 0.29) is 18.5 Å². The molecule has 0 spiro atoms. The molecule has 0 fully saturated rings. The molecule has 0 saturated heterocycles. The number of aromatic nitrogens is 1. The molecule has 0 atom stereocenters. The maximum atomic E-state index is 13.1. The SMILES string of the molecule is CC#CC(=O)NCCc1c(C(F)(F)F)[nH]c2ccccc12. The Morgan fingerprint density at radius 3 is 2.71 bits per heavy atom. The van der Waals surface area contributed by atoms with Gasteiger partial charge in [-0.2, -0.15) is 13.2 Å². The summed E-state index contributed by atoms with van der Waals surface area (Å²) in [7, 11) is 0. The van der Waals surface area contributed by atoms with Crippen LogP contribution < -0.4 is 5.32 Å². The van der Waals surface area contributed by atoms with E-state index in [2.05, 4.69) is 22.1 Å². The quantitative estimate of drug-likeness (QED) is 0.840. The second-order valence-electron chi connectivity index (χ2n) is 4.40. The molecule has 0 aliphatic carbocycles. The first kappa shape index (κ1) is 15.0. The molecule has 0 bridgehead atoms. The number of para-hydroxylation sites is 1. The first-order chi connectivity index (χ1) is 9.93. The molecule has 1 heterocycles. The molecule has 0 aliphatic heterocycles. The fraction of sp³-hybridized carbons (Fsp3) is 0.267. The first-order valence-corrected chi connectivity index (χ1v) is 6.31. The second-order valence-corrected chi connectivity index (χ2v) is 4.40. The van der Waals surface area contributed by atoms with Crippen LogP contribution in [0.2, 0.25) is 0 Å². The number of benzene rings is 1. The van der Waals surface area contributed by atoms with Crippen molar-refractivity contribution in [1.82, 2.24) is 10.3 Å². The number of rotatable bonds is 3. The zero-order valence-corrected chi connectivity index (χ0v) is 11.3. The molecule has 2 N–H and O–H groups in total. The van der Waals surface area contributed by atoms with Crippen molar-refractivity contribution in [1.29, 1.82) is 0 Å². The number of alkyl halides is 3. The van der Waals surface area contributed by atoms with E-state index < -0.39 is 17.8 Å². The molecule has 0 radical (unpaired) electrons. The molecule has 2 rings (SSSR count). The molecule has 110 valence electrons. The summed E-state index contributed by atoms with van der Waals surface area (Å²) >= 11 is 0. The highest BCUT2D eigenvalue weighted by Crippen LogP contribution is 2.35. The topological polar surface area (TPSA) is 44.9 Å². The van der Waals surface area contributed by atoms with Gasteiger partial charge in [0.15, 0.2) is 0 Å². The number of carbonyl (C=O) groups excluding carboxylic acids is 1. The summed E-state index contributed by atoms with van der Waals surface area (Å²) in [5.74, 6) is 4.21. The average Bonchev–Trinajstić information content (AvgIpc) is 2.78. The van der Waals surface area contributed by atoms with Crippen molar-refractivity contribution < 1.29 is 18.0 Å². The third kappa shape index (κ3) is 3.37. The van der Waals surface area contributed by atoms with E-state index in [1.165, 1.54) is 6.92 Å². The third-order valence-corrected chi connectivity index (χ3v) is 3.00. The van der Waals surface area contributed by atoms with Crippen LogP contribution in [0.3, 0.4) is 0 Å². The lowest BCUT2D eigenvalue weighted by Gasteiger charge is -2.08. The average molecular weight is 294 g/mol. The van der Waals surface area contributed by atoms with Crippen molar-refractivity contribution in [3.05, 3.63) is 35.5 Å². The van der Waals surface area contributed by atoms with Gasteiger partial charge >= 0.3 is 6.18 Å². The molecule has 6 heteroatoms. The molecule has 1 aromatic heterocycles. The highest BCUT2D eigenvalue weighted by molar-refractivity contribution is 5.93. The summed E-state index contributed by atoms with van der Waals surface area (Å²) in [5.41, 5.74) is -0.179. The molecule has 21 heavy (non-hydrogen) atoms. The van der Waals surface area contributed by atoms with Crippen LogP contribution in [0.25, 0.3) is 10.9 Å². The second kappa shape index (κ2) is 5.92. The Kier molecular flexibility index (Phi) is 4.22. The Bertz CT molecular complexity index is 720. The minimum absolute atomic E-state index is 0.0794. The lowest BCUT2D eigenvalue weighted by Crippen LogP contribution is -2.24. The Balaban J connectivity index is 2.28. The standard InChI is InChI=1S/C15H13F3N2O/c1-2-5-13(21)19-9-8-11-10-6-3-4-7-12(10)20-14(11)15(16,17)18/h3-4,6-7,20H,8-9H2,1H3,(H,19,21). The fourth-order valence-corrected chi connectivity index (χ4v) is 2.16. The predicted molar refractivity (Wildman–Crippen MR) is 73.5 cm³/mol. The molecule has 3 nitrogen and oxygen atoms in total. The fourth-order valence-electron chi connectivity index (χ4n) is 2.16. The maximum absolute atomic E-state index is 13.1. The van der Waals surface area contributed by atoms with Crippen LogP contribution in [-0.2, 0) is 17.4 Å². The largest absolute Gasteiger partial charge is 0.431 e. The van der Waals surface area contributed by atoms with Crippen LogP contribution in [0.1, 0.15) is 18.2 Å². The number of hydrogen-bond acceptors (Lipinski definition) is 1. The van der Waals surface area contributed by atoms with Crippen molar-refractivity contribution in [3.63, 3.8) is 0 Å². The van der Waals surface area contributed by atoms with Gasteiger partial charge in [0.1, 0.15) is 5.69 Å². The lowest BCUT2D eigenvalue weighted by molar-refractivity contribution is -0.141. The highest BCUT2D eigenvalue weighted by Gasteiger charge is 2.36. The predicted octanol–water partition coefficient (Wildman–Crippen LogP) is 2.87. The van der Waals surface area contributed by atoms with Gasteiger partial charge in [0.2, 0.25) is 0 Å². The van der Waals surface area contributed by atoms with E-state index in [1.54, 1.807) is 24.3 Å². The van der Waals surface area contributed by atoms with Crippen LogP contribution in [0.4, 0.5) is 13.2 Å². The number of aromatic amines is 1. The van der Waals surface area contributed by atoms with Gasteiger partial charge in [0, 0.05) is 17.4 Å². The number of fused-ring (bicyclic) bond motifs is 1. The van der Waals surface area contributed by atoms with Gasteiger partial charge in [-0.25, -0.2) is 0 Å². The summed E-state index contributed by atoms with van der Waals surface area (Å²) in [4.78, 5) is 13.6. The maximum Gasteiger partial charge on any atom is 0.431 e. The molecule has 0 unspecified atom stereocenters. The van der Waals surface area contributed by atoms with E-state index in [9.17, 15) is 18.0 Å². The van der Waals surface area contributed by atoms with E-state index >= 15 is 0 Å². The number of nitrogens with one attached hydrogen (secondary N) is 2. The Hall–Kier alpha value is -2.42. The normalized spacial score (nSPS) is 11.0. The lowest BCUT2D eigenvalue weighted by atomic mass is 10.1. The Labute approximate surface area is 119 Å². The third-order valence-electron chi connectivity index (χ3n) is 3.00. The highest BCUT2D eigenvalue weighted by atomic mass is 19.4. The number of halogens is 3. The Morgan fingerprint density at radius 1 is 1.33 bits per heavy atom. The molecule has 0 aliphatic rings. The summed E-state index contributed by atoms with van der Waals surface area (Å²) < 4.78 is 39.2. The number of carbonyl (C=O) groups is 1. The van der Waals surface area contributed by atoms with Gasteiger partial charge in [-0.3, -0.25) is 4.79 Å². The van der Waals surface area contributed by atoms with E-state index in [0.29, 0.717) is 10.9 Å². The summed E-state index contributed by atoms with van der Waals surface area (Å²) in [5, 5.41) is 2.99. The molecule has 1 amide bonds. The summed E-state index contributed by atoms with van der Waals surface area (Å²) in [6, 6.07) is 6.57. The number of H-pyrrole nitrogens is 1. The van der Waals surface area contributed by atoms with Crippen LogP contribution in [-0.4, -0.2) is 17.4 Å². The van der Waals surface area contributed by atoms with Crippen molar-refractivity contribution in [2.24, 2.45) is 0 Å². The van der Waals surface area contributed by atoms with Gasteiger partial charge in [-0.05, 0) is 30.9 Å². The van der Waals surface area contributed by atoms with Gasteiger partial charge in [-0.15, -0.1) is 0 Å². The smallest absolute Gasteiger partial charge is 0.351 e. The monoisotopic (exact) mass is 294 g/mol. The van der Waals surface area contributed by atoms with Crippen molar-refractivity contribution >= 4 is 16.8 Å². The van der Waals surface area contributed by atoms with Gasteiger partial charge in [0.05, 0.1) is 0 Å². The van der Waals surface area contributed by atoms with Crippen molar-refractivity contribution in [2.45, 2.75) is 19.5 Å². The van der Waals surface area contributed by atoms with Crippen molar-refractivity contribution in [2.75, 3.05) is 6.54 Å². The van der Waals surface area contributed by atoms with Crippen LogP contribution in [0.5, 0.6) is 0 Å². The summed E-state index contributed by atoms with van der Waals surface area (Å²) in [6.07, 6.45) is -4.38. The van der Waals surface area contributed by atoms with Gasteiger partial charge < -0.3 is 10.3 Å². The van der Waals surface area contributed by atoms with E-state index in [0.717, 1.165) is 0 Å². The number of hydrogen-bond donors (Lipinski definition) is 2.